The molecule has 3 nitrogen and oxygen atoms in total. The van der Waals surface area contributed by atoms with E-state index in [4.69, 9.17) is 4.74 Å². The van der Waals surface area contributed by atoms with Gasteiger partial charge in [0.2, 0.25) is 0 Å². The SMILES string of the molecule is CO/C([O-])=C/OCc1ccccc1.[Li+]. The minimum absolute atomic E-state index is 0. The van der Waals surface area contributed by atoms with Gasteiger partial charge >= 0.3 is 18.9 Å². The van der Waals surface area contributed by atoms with Crippen molar-refractivity contribution in [3.8, 4) is 0 Å². The van der Waals surface area contributed by atoms with Crippen LogP contribution in [0.2, 0.25) is 0 Å². The van der Waals surface area contributed by atoms with E-state index in [1.165, 1.54) is 7.11 Å². The Hall–Kier alpha value is -1.04. The van der Waals surface area contributed by atoms with Crippen molar-refractivity contribution in [2.75, 3.05) is 7.11 Å². The summed E-state index contributed by atoms with van der Waals surface area (Å²) in [6.45, 7) is 0.385. The van der Waals surface area contributed by atoms with E-state index in [2.05, 4.69) is 4.74 Å². The molecule has 0 N–H and O–H groups in total. The van der Waals surface area contributed by atoms with Gasteiger partial charge in [-0.3, -0.25) is 0 Å². The van der Waals surface area contributed by atoms with Crippen LogP contribution in [0.5, 0.6) is 0 Å². The molecule has 0 saturated heterocycles. The number of methoxy groups -OCH3 is 1. The van der Waals surface area contributed by atoms with Gasteiger partial charge in [0, 0.05) is 0 Å². The van der Waals surface area contributed by atoms with Gasteiger partial charge in [0.15, 0.2) is 0 Å². The minimum Gasteiger partial charge on any atom is -0.614 e. The second-order valence-electron chi connectivity index (χ2n) is 2.44. The van der Waals surface area contributed by atoms with E-state index in [0.717, 1.165) is 11.8 Å². The predicted molar refractivity (Wildman–Crippen MR) is 46.3 cm³/mol. The monoisotopic (exact) mass is 186 g/mol. The van der Waals surface area contributed by atoms with Crippen LogP contribution in [0.1, 0.15) is 5.56 Å². The molecule has 0 unspecified atom stereocenters. The first-order chi connectivity index (χ1) is 6.33. The predicted octanol–water partition coefficient (Wildman–Crippen LogP) is -1.99. The molecule has 0 aromatic heterocycles. The van der Waals surface area contributed by atoms with E-state index < -0.39 is 5.95 Å². The molecule has 0 aliphatic rings. The van der Waals surface area contributed by atoms with Crippen LogP contribution in [0.4, 0.5) is 0 Å². The van der Waals surface area contributed by atoms with Gasteiger partial charge in [-0.25, -0.2) is 0 Å². The first-order valence-corrected chi connectivity index (χ1v) is 3.89. The Morgan fingerprint density at radius 2 is 2.00 bits per heavy atom. The van der Waals surface area contributed by atoms with E-state index in [9.17, 15) is 5.11 Å². The zero-order valence-electron chi connectivity index (χ0n) is 8.40. The van der Waals surface area contributed by atoms with Gasteiger partial charge in [-0.05, 0) is 12.7 Å². The smallest absolute Gasteiger partial charge is 0.614 e. The van der Waals surface area contributed by atoms with Gasteiger partial charge in [0.1, 0.15) is 12.9 Å². The maximum atomic E-state index is 10.6. The number of rotatable bonds is 4. The first kappa shape index (κ1) is 13.0. The van der Waals surface area contributed by atoms with Crippen molar-refractivity contribution in [3.05, 3.63) is 48.1 Å². The molecule has 1 rings (SSSR count). The van der Waals surface area contributed by atoms with Crippen LogP contribution < -0.4 is 24.0 Å². The maximum Gasteiger partial charge on any atom is 1.00 e. The van der Waals surface area contributed by atoms with Crippen molar-refractivity contribution in [2.24, 2.45) is 0 Å². The minimum atomic E-state index is -0.476. The number of benzene rings is 1. The van der Waals surface area contributed by atoms with Gasteiger partial charge in [-0.1, -0.05) is 30.3 Å². The zero-order chi connectivity index (χ0) is 9.52. The van der Waals surface area contributed by atoms with Crippen LogP contribution in [0.25, 0.3) is 0 Å². The normalized spacial score (nSPS) is 10.2. The summed E-state index contributed by atoms with van der Waals surface area (Å²) in [5.41, 5.74) is 1.02. The third-order valence-corrected chi connectivity index (χ3v) is 1.47. The Balaban J connectivity index is 0.00000169. The van der Waals surface area contributed by atoms with Crippen molar-refractivity contribution in [1.29, 1.82) is 0 Å². The van der Waals surface area contributed by atoms with E-state index >= 15 is 0 Å². The Kier molecular flexibility index (Phi) is 6.82. The third kappa shape index (κ3) is 4.86. The van der Waals surface area contributed by atoms with Crippen LogP contribution >= 0.6 is 0 Å². The Labute approximate surface area is 95.5 Å². The molecule has 0 aliphatic carbocycles. The molecule has 0 radical (unpaired) electrons. The van der Waals surface area contributed by atoms with E-state index in [-0.39, 0.29) is 18.9 Å². The average Bonchev–Trinajstić information content (AvgIpc) is 2.19. The van der Waals surface area contributed by atoms with Crippen LogP contribution in [0.15, 0.2) is 42.5 Å². The first-order valence-electron chi connectivity index (χ1n) is 3.89. The molecular formula is C10H11LiO3. The van der Waals surface area contributed by atoms with Crippen LogP contribution in [-0.4, -0.2) is 7.11 Å². The second-order valence-corrected chi connectivity index (χ2v) is 2.44. The molecule has 1 aromatic rings. The molecule has 0 bridgehead atoms. The molecule has 1 aromatic carbocycles. The summed E-state index contributed by atoms with van der Waals surface area (Å²) in [6, 6.07) is 9.59. The van der Waals surface area contributed by atoms with E-state index in [0.29, 0.717) is 6.61 Å². The number of hydrogen-bond donors (Lipinski definition) is 0. The summed E-state index contributed by atoms with van der Waals surface area (Å²) in [5, 5.41) is 10.6. The van der Waals surface area contributed by atoms with E-state index in [1.807, 2.05) is 30.3 Å². The molecule has 14 heavy (non-hydrogen) atoms. The summed E-state index contributed by atoms with van der Waals surface area (Å²) in [4.78, 5) is 0. The third-order valence-electron chi connectivity index (χ3n) is 1.47. The van der Waals surface area contributed by atoms with Crippen molar-refractivity contribution < 1.29 is 33.4 Å². The Morgan fingerprint density at radius 3 is 2.57 bits per heavy atom. The van der Waals surface area contributed by atoms with Gasteiger partial charge in [0.05, 0.1) is 5.95 Å². The summed E-state index contributed by atoms with van der Waals surface area (Å²) in [6.07, 6.45) is 1.06. The molecule has 0 atom stereocenters. The maximum absolute atomic E-state index is 10.6. The second kappa shape index (κ2) is 7.37. The topological polar surface area (TPSA) is 41.5 Å². The fourth-order valence-electron chi connectivity index (χ4n) is 0.828. The molecule has 0 heterocycles. The Bertz CT molecular complexity index is 272. The molecular weight excluding hydrogens is 175 g/mol. The molecule has 0 aliphatic heterocycles. The summed E-state index contributed by atoms with van der Waals surface area (Å²) in [5.74, 6) is -0.476. The molecule has 0 fully saturated rings. The Morgan fingerprint density at radius 1 is 1.36 bits per heavy atom. The summed E-state index contributed by atoms with van der Waals surface area (Å²) < 4.78 is 9.34. The van der Waals surface area contributed by atoms with Crippen molar-refractivity contribution in [2.45, 2.75) is 6.61 Å². The average molecular weight is 186 g/mol. The molecule has 4 heteroatoms. The largest absolute Gasteiger partial charge is 1.00 e. The van der Waals surface area contributed by atoms with E-state index in [1.54, 1.807) is 0 Å². The number of hydrogen-bond acceptors (Lipinski definition) is 3. The standard InChI is InChI=1S/C10H12O3.Li/c1-12-10(11)8-13-7-9-5-3-2-4-6-9;/h2-6,8,11H,7H2,1H3;/q;+1/p-1/b10-8+;. The van der Waals surface area contributed by atoms with Crippen molar-refractivity contribution in [1.82, 2.24) is 0 Å². The zero-order valence-corrected chi connectivity index (χ0v) is 8.40. The van der Waals surface area contributed by atoms with Gasteiger partial charge in [0.25, 0.3) is 0 Å². The van der Waals surface area contributed by atoms with Gasteiger partial charge < -0.3 is 14.6 Å². The molecule has 70 valence electrons. The quantitative estimate of drug-likeness (QED) is 0.404. The fourth-order valence-corrected chi connectivity index (χ4v) is 0.828. The summed E-state index contributed by atoms with van der Waals surface area (Å²) in [7, 11) is 1.31. The fraction of sp³-hybridized carbons (Fsp3) is 0.200. The van der Waals surface area contributed by atoms with Crippen molar-refractivity contribution in [3.63, 3.8) is 0 Å². The molecule has 0 saturated carbocycles. The van der Waals surface area contributed by atoms with Crippen molar-refractivity contribution >= 4 is 0 Å². The van der Waals surface area contributed by atoms with Gasteiger partial charge in [-0.15, -0.1) is 0 Å². The molecule has 0 amide bonds. The van der Waals surface area contributed by atoms with Crippen LogP contribution in [-0.2, 0) is 16.1 Å². The van der Waals surface area contributed by atoms with Gasteiger partial charge in [-0.2, -0.15) is 0 Å². The van der Waals surface area contributed by atoms with Crippen LogP contribution in [0, 0.1) is 0 Å². The number of ether oxygens (including phenoxy) is 2. The summed E-state index contributed by atoms with van der Waals surface area (Å²) >= 11 is 0. The molecule has 0 spiro atoms. The van der Waals surface area contributed by atoms with Crippen LogP contribution in [0.3, 0.4) is 0 Å².